The predicted octanol–water partition coefficient (Wildman–Crippen LogP) is -1.00. The van der Waals surface area contributed by atoms with E-state index in [2.05, 4.69) is 4.99 Å². The van der Waals surface area contributed by atoms with Gasteiger partial charge in [-0.15, -0.1) is 0 Å². The highest BCUT2D eigenvalue weighted by Gasteiger charge is 2.10. The van der Waals surface area contributed by atoms with Crippen molar-refractivity contribution in [2.24, 2.45) is 4.99 Å². The summed E-state index contributed by atoms with van der Waals surface area (Å²) < 4.78 is 20.5. The maximum atomic E-state index is 10.2. The van der Waals surface area contributed by atoms with Gasteiger partial charge in [-0.2, -0.15) is 8.42 Å². The van der Waals surface area contributed by atoms with Crippen molar-refractivity contribution >= 4 is 21.4 Å². The van der Waals surface area contributed by atoms with Crippen molar-refractivity contribution in [1.29, 1.82) is 0 Å². The summed E-state index contributed by atoms with van der Waals surface area (Å²) in [5, 5.41) is 8.86. The molecular formula is C5H5NO3S. The fourth-order valence-corrected chi connectivity index (χ4v) is 0.993. The third-order valence-electron chi connectivity index (χ3n) is 1.02. The van der Waals surface area contributed by atoms with Crippen LogP contribution in [0.2, 0.25) is 0 Å². The van der Waals surface area contributed by atoms with Crippen molar-refractivity contribution in [3.63, 3.8) is 0 Å². The summed E-state index contributed by atoms with van der Waals surface area (Å²) in [6, 6.07) is 0. The topological polar surface area (TPSA) is 66.7 Å². The van der Waals surface area contributed by atoms with Crippen LogP contribution in [-0.4, -0.2) is 30.8 Å². The van der Waals surface area contributed by atoms with E-state index in [1.165, 1.54) is 18.4 Å². The highest BCUT2D eigenvalue weighted by molar-refractivity contribution is 7.73. The van der Waals surface area contributed by atoms with Gasteiger partial charge in [-0.05, 0) is 12.2 Å². The predicted molar refractivity (Wildman–Crippen MR) is 37.6 cm³/mol. The van der Waals surface area contributed by atoms with E-state index in [9.17, 15) is 8.42 Å². The van der Waals surface area contributed by atoms with Gasteiger partial charge in [0.1, 0.15) is 4.86 Å². The summed E-state index contributed by atoms with van der Waals surface area (Å²) in [4.78, 5) is 3.35. The minimum Gasteiger partial charge on any atom is -0.367 e. The fourth-order valence-electron chi connectivity index (χ4n) is 0.570. The normalized spacial score (nSPS) is 23.3. The molecule has 0 spiro atoms. The van der Waals surface area contributed by atoms with Crippen molar-refractivity contribution in [3.8, 4) is 0 Å². The van der Waals surface area contributed by atoms with Crippen molar-refractivity contribution in [1.82, 2.24) is 0 Å². The van der Waals surface area contributed by atoms with Crippen LogP contribution in [0.1, 0.15) is 0 Å². The Bertz CT molecular complexity index is 304. The summed E-state index contributed by atoms with van der Waals surface area (Å²) in [7, 11) is -2.37. The molecule has 1 atom stereocenters. The number of nitrogens with zero attached hydrogens (tertiary/aromatic N) is 1. The molecular weight excluding hydrogens is 154 g/mol. The Morgan fingerprint density at radius 3 is 2.70 bits per heavy atom. The molecule has 1 aliphatic heterocycles. The fraction of sp³-hybridized carbons (Fsp3) is 0.200. The molecule has 0 saturated heterocycles. The number of hydrogen-bond donors (Lipinski definition) is 1. The van der Waals surface area contributed by atoms with E-state index in [0.717, 1.165) is 0 Å². The highest BCUT2D eigenvalue weighted by atomic mass is 32.2. The molecule has 0 aromatic carbocycles. The maximum absolute atomic E-state index is 10.2. The minimum atomic E-state index is -2.37. The second kappa shape index (κ2) is 2.76. The number of dihydropyridines is 1. The van der Waals surface area contributed by atoms with Crippen LogP contribution in [-0.2, 0) is 10.3 Å². The number of aliphatic hydroxyl groups is 1. The van der Waals surface area contributed by atoms with Crippen LogP contribution in [0.5, 0.6) is 0 Å². The Labute approximate surface area is 59.1 Å². The van der Waals surface area contributed by atoms with E-state index >= 15 is 0 Å². The molecule has 4 nitrogen and oxygen atoms in total. The zero-order chi connectivity index (χ0) is 7.56. The zero-order valence-electron chi connectivity index (χ0n) is 4.93. The number of aliphatic imine (C=N–C) groups is 1. The van der Waals surface area contributed by atoms with Crippen LogP contribution in [0.15, 0.2) is 17.1 Å². The summed E-state index contributed by atoms with van der Waals surface area (Å²) in [6.45, 7) is 0. The van der Waals surface area contributed by atoms with Crippen LogP contribution < -0.4 is 0 Å². The maximum Gasteiger partial charge on any atom is 0.222 e. The quantitative estimate of drug-likeness (QED) is 0.461. The molecule has 0 bridgehead atoms. The van der Waals surface area contributed by atoms with Gasteiger partial charge < -0.3 is 5.11 Å². The van der Waals surface area contributed by atoms with E-state index < -0.39 is 16.5 Å². The van der Waals surface area contributed by atoms with E-state index in [1.54, 1.807) is 0 Å². The van der Waals surface area contributed by atoms with Crippen molar-refractivity contribution in [2.75, 3.05) is 0 Å². The molecule has 1 aliphatic rings. The van der Waals surface area contributed by atoms with Crippen LogP contribution >= 0.6 is 0 Å². The van der Waals surface area contributed by atoms with Gasteiger partial charge in [0, 0.05) is 6.21 Å². The Morgan fingerprint density at radius 2 is 2.30 bits per heavy atom. The Kier molecular flexibility index (Phi) is 1.98. The van der Waals surface area contributed by atoms with Crippen LogP contribution in [0, 0.1) is 0 Å². The monoisotopic (exact) mass is 159 g/mol. The second-order valence-corrected chi connectivity index (χ2v) is 2.61. The molecule has 1 heterocycles. The highest BCUT2D eigenvalue weighted by Crippen LogP contribution is 1.95. The molecule has 1 rings (SSSR count). The lowest BCUT2D eigenvalue weighted by molar-refractivity contribution is 0.255. The summed E-state index contributed by atoms with van der Waals surface area (Å²) in [5.74, 6) is 0. The first kappa shape index (κ1) is 7.17. The SMILES string of the molecule is O=S(=O)=C1C=CC=NC1O. The van der Waals surface area contributed by atoms with Gasteiger partial charge in [0.25, 0.3) is 0 Å². The summed E-state index contributed by atoms with van der Waals surface area (Å²) >= 11 is 0. The lowest BCUT2D eigenvalue weighted by Crippen LogP contribution is -2.18. The number of rotatable bonds is 0. The Balaban J connectivity index is 3.15. The van der Waals surface area contributed by atoms with Crippen molar-refractivity contribution in [3.05, 3.63) is 12.2 Å². The average molecular weight is 159 g/mol. The molecule has 0 fully saturated rings. The first-order valence-electron chi connectivity index (χ1n) is 2.56. The lowest BCUT2D eigenvalue weighted by atomic mass is 10.3. The van der Waals surface area contributed by atoms with E-state index in [4.69, 9.17) is 5.11 Å². The van der Waals surface area contributed by atoms with Crippen LogP contribution in [0.4, 0.5) is 0 Å². The van der Waals surface area contributed by atoms with Gasteiger partial charge in [-0.3, -0.25) is 4.99 Å². The zero-order valence-corrected chi connectivity index (χ0v) is 5.75. The van der Waals surface area contributed by atoms with E-state index in [1.807, 2.05) is 0 Å². The largest absolute Gasteiger partial charge is 0.367 e. The molecule has 0 aromatic rings. The number of hydrogen-bond acceptors (Lipinski definition) is 4. The number of aliphatic hydroxyl groups excluding tert-OH is 1. The molecule has 0 amide bonds. The standard InChI is InChI=1S/C5H5NO3S/c7-5-4(10(8)9)2-1-3-6-5/h1-3,5,7H. The first-order valence-corrected chi connectivity index (χ1v) is 3.63. The van der Waals surface area contributed by atoms with Crippen LogP contribution in [0.25, 0.3) is 0 Å². The first-order chi connectivity index (χ1) is 4.72. The summed E-state index contributed by atoms with van der Waals surface area (Å²) in [5.41, 5.74) is 0. The van der Waals surface area contributed by atoms with Crippen molar-refractivity contribution < 1.29 is 13.5 Å². The van der Waals surface area contributed by atoms with Gasteiger partial charge >= 0.3 is 0 Å². The third-order valence-corrected chi connectivity index (χ3v) is 1.75. The Morgan fingerprint density at radius 1 is 1.60 bits per heavy atom. The van der Waals surface area contributed by atoms with Gasteiger partial charge in [0.2, 0.25) is 10.3 Å². The lowest BCUT2D eigenvalue weighted by Gasteiger charge is -2.03. The van der Waals surface area contributed by atoms with Gasteiger partial charge in [0.15, 0.2) is 6.23 Å². The third kappa shape index (κ3) is 1.31. The second-order valence-electron chi connectivity index (χ2n) is 1.67. The van der Waals surface area contributed by atoms with E-state index in [-0.39, 0.29) is 4.86 Å². The molecule has 1 unspecified atom stereocenters. The minimum absolute atomic E-state index is 0.0949. The van der Waals surface area contributed by atoms with E-state index in [0.29, 0.717) is 0 Å². The molecule has 54 valence electrons. The average Bonchev–Trinajstić information content (AvgIpc) is 1.88. The van der Waals surface area contributed by atoms with Crippen LogP contribution in [0.3, 0.4) is 0 Å². The Hall–Kier alpha value is -0.940. The smallest absolute Gasteiger partial charge is 0.222 e. The van der Waals surface area contributed by atoms with Gasteiger partial charge in [0.05, 0.1) is 0 Å². The van der Waals surface area contributed by atoms with Gasteiger partial charge in [-0.25, -0.2) is 0 Å². The molecule has 0 saturated carbocycles. The molecule has 0 aliphatic carbocycles. The molecule has 0 radical (unpaired) electrons. The van der Waals surface area contributed by atoms with Crippen molar-refractivity contribution in [2.45, 2.75) is 6.23 Å². The molecule has 0 aromatic heterocycles. The van der Waals surface area contributed by atoms with Gasteiger partial charge in [-0.1, -0.05) is 0 Å². The summed E-state index contributed by atoms with van der Waals surface area (Å²) in [6.07, 6.45) is 2.89. The number of allylic oxidation sites excluding steroid dienone is 1. The molecule has 1 N–H and O–H groups in total. The molecule has 10 heavy (non-hydrogen) atoms. The molecule has 5 heteroatoms.